The molecule has 0 aliphatic carbocycles. The number of rotatable bonds is 4. The van der Waals surface area contributed by atoms with Crippen LogP contribution in [0, 0.1) is 12.3 Å². The van der Waals surface area contributed by atoms with Gasteiger partial charge in [0, 0.05) is 0 Å². The van der Waals surface area contributed by atoms with Crippen molar-refractivity contribution in [3.63, 3.8) is 0 Å². The van der Waals surface area contributed by atoms with Crippen molar-refractivity contribution in [2.75, 3.05) is 0 Å². The van der Waals surface area contributed by atoms with E-state index in [-0.39, 0.29) is 30.2 Å². The van der Waals surface area contributed by atoms with E-state index in [0.29, 0.717) is 6.42 Å². The summed E-state index contributed by atoms with van der Waals surface area (Å²) in [5.41, 5.74) is 8.44. The van der Waals surface area contributed by atoms with Gasteiger partial charge < -0.3 is 5.73 Å². The fraction of sp³-hybridized carbons (Fsp3) is 0.176. The molecule has 5 heteroatoms. The van der Waals surface area contributed by atoms with Gasteiger partial charge in [-0.1, -0.05) is 60.2 Å². The van der Waals surface area contributed by atoms with Gasteiger partial charge in [0.05, 0.1) is 5.92 Å². The van der Waals surface area contributed by atoms with Crippen molar-refractivity contribution in [1.82, 2.24) is 5.32 Å². The number of hydrogen-bond acceptors (Lipinski definition) is 2. The van der Waals surface area contributed by atoms with E-state index in [1.165, 1.54) is 0 Å². The standard InChI is InChI=1S/C17H19N3O.ClH/c1-12-6-5-7-13(10-12)11-15(16(21)20-17(18)19)14-8-3-2-4-9-14;/h2-10,15H,11H2,1H3,(H4,18,19,20,21);1H. The number of guanidine groups is 1. The molecule has 0 aliphatic heterocycles. The molecule has 4 N–H and O–H groups in total. The minimum atomic E-state index is -0.364. The van der Waals surface area contributed by atoms with Gasteiger partial charge in [-0.2, -0.15) is 0 Å². The fourth-order valence-electron chi connectivity index (χ4n) is 2.34. The van der Waals surface area contributed by atoms with E-state index in [1.54, 1.807) is 0 Å². The molecule has 0 aliphatic rings. The summed E-state index contributed by atoms with van der Waals surface area (Å²) in [6.45, 7) is 2.02. The fourth-order valence-corrected chi connectivity index (χ4v) is 2.34. The average molecular weight is 318 g/mol. The van der Waals surface area contributed by atoms with Crippen LogP contribution in [0.4, 0.5) is 0 Å². The predicted molar refractivity (Wildman–Crippen MR) is 91.4 cm³/mol. The lowest BCUT2D eigenvalue weighted by Gasteiger charge is -2.17. The summed E-state index contributed by atoms with van der Waals surface area (Å²) in [6.07, 6.45) is 0.574. The van der Waals surface area contributed by atoms with Gasteiger partial charge in [-0.3, -0.25) is 15.5 Å². The Bertz CT molecular complexity index is 643. The Hall–Kier alpha value is -2.33. The van der Waals surface area contributed by atoms with E-state index in [9.17, 15) is 4.79 Å². The number of hydrogen-bond donors (Lipinski definition) is 3. The van der Waals surface area contributed by atoms with E-state index >= 15 is 0 Å². The van der Waals surface area contributed by atoms with Gasteiger partial charge >= 0.3 is 0 Å². The Morgan fingerprint density at radius 1 is 1.18 bits per heavy atom. The number of halogens is 1. The van der Waals surface area contributed by atoms with Crippen LogP contribution in [0.1, 0.15) is 22.6 Å². The highest BCUT2D eigenvalue weighted by Crippen LogP contribution is 2.21. The SMILES string of the molecule is Cc1cccc(CC(C(=O)NC(=N)N)c2ccccc2)c1.Cl. The zero-order valence-corrected chi connectivity index (χ0v) is 13.2. The molecule has 1 unspecified atom stereocenters. The molecule has 0 spiro atoms. The van der Waals surface area contributed by atoms with Gasteiger partial charge in [-0.05, 0) is 24.5 Å². The highest BCUT2D eigenvalue weighted by molar-refractivity contribution is 5.98. The van der Waals surface area contributed by atoms with Crippen LogP contribution in [0.25, 0.3) is 0 Å². The van der Waals surface area contributed by atoms with E-state index in [4.69, 9.17) is 11.1 Å². The minimum absolute atomic E-state index is 0. The molecule has 0 bridgehead atoms. The first-order chi connectivity index (χ1) is 10.1. The first-order valence-corrected chi connectivity index (χ1v) is 6.81. The van der Waals surface area contributed by atoms with Crippen molar-refractivity contribution in [1.29, 1.82) is 5.41 Å². The molecule has 116 valence electrons. The maximum Gasteiger partial charge on any atom is 0.234 e. The molecular weight excluding hydrogens is 298 g/mol. The second-order valence-electron chi connectivity index (χ2n) is 5.06. The van der Waals surface area contributed by atoms with Gasteiger partial charge in [-0.15, -0.1) is 12.4 Å². The molecule has 4 nitrogen and oxygen atoms in total. The molecular formula is C17H20ClN3O. The Morgan fingerprint density at radius 3 is 2.45 bits per heavy atom. The third-order valence-corrected chi connectivity index (χ3v) is 3.30. The number of nitrogens with one attached hydrogen (secondary N) is 2. The van der Waals surface area contributed by atoms with Gasteiger partial charge in [-0.25, -0.2) is 0 Å². The quantitative estimate of drug-likeness (QED) is 0.599. The molecule has 0 radical (unpaired) electrons. The molecule has 0 saturated carbocycles. The Labute approximate surface area is 136 Å². The molecule has 0 aromatic heterocycles. The van der Waals surface area contributed by atoms with Gasteiger partial charge in [0.1, 0.15) is 0 Å². The topological polar surface area (TPSA) is 79.0 Å². The Morgan fingerprint density at radius 2 is 1.86 bits per heavy atom. The van der Waals surface area contributed by atoms with E-state index in [0.717, 1.165) is 16.7 Å². The van der Waals surface area contributed by atoms with Crippen molar-refractivity contribution < 1.29 is 4.79 Å². The highest BCUT2D eigenvalue weighted by atomic mass is 35.5. The second-order valence-corrected chi connectivity index (χ2v) is 5.06. The summed E-state index contributed by atoms with van der Waals surface area (Å²) >= 11 is 0. The molecule has 0 fully saturated rings. The van der Waals surface area contributed by atoms with Crippen LogP contribution < -0.4 is 11.1 Å². The molecule has 0 heterocycles. The van der Waals surface area contributed by atoms with E-state index in [1.807, 2.05) is 55.5 Å². The van der Waals surface area contributed by atoms with Crippen LogP contribution >= 0.6 is 12.4 Å². The number of benzene rings is 2. The van der Waals surface area contributed by atoms with Gasteiger partial charge in [0.2, 0.25) is 5.91 Å². The Kier molecular flexibility index (Phi) is 6.60. The largest absolute Gasteiger partial charge is 0.370 e. The van der Waals surface area contributed by atoms with E-state index in [2.05, 4.69) is 11.4 Å². The van der Waals surface area contributed by atoms with Crippen LogP contribution in [0.2, 0.25) is 0 Å². The zero-order chi connectivity index (χ0) is 15.2. The second kappa shape index (κ2) is 8.20. The van der Waals surface area contributed by atoms with Crippen molar-refractivity contribution in [2.45, 2.75) is 19.3 Å². The monoisotopic (exact) mass is 317 g/mol. The normalized spacial score (nSPS) is 11.1. The molecule has 2 aromatic carbocycles. The predicted octanol–water partition coefficient (Wildman–Crippen LogP) is 2.75. The average Bonchev–Trinajstić information content (AvgIpc) is 2.45. The summed E-state index contributed by atoms with van der Waals surface area (Å²) in [4.78, 5) is 12.3. The third-order valence-electron chi connectivity index (χ3n) is 3.30. The number of carbonyl (C=O) groups excluding carboxylic acids is 1. The molecule has 22 heavy (non-hydrogen) atoms. The maximum atomic E-state index is 12.3. The summed E-state index contributed by atoms with van der Waals surface area (Å²) in [5.74, 6) is -0.947. The number of nitrogens with two attached hydrogens (primary N) is 1. The summed E-state index contributed by atoms with van der Waals surface area (Å²) in [6, 6.07) is 17.6. The van der Waals surface area contributed by atoms with Crippen molar-refractivity contribution >= 4 is 24.3 Å². The van der Waals surface area contributed by atoms with Crippen LogP contribution in [0.15, 0.2) is 54.6 Å². The smallest absolute Gasteiger partial charge is 0.234 e. The molecule has 0 saturated heterocycles. The van der Waals surface area contributed by atoms with Crippen LogP contribution in [0.3, 0.4) is 0 Å². The number of amides is 1. The molecule has 2 aromatic rings. The first kappa shape index (κ1) is 17.7. The van der Waals surface area contributed by atoms with Crippen molar-refractivity contribution in [3.8, 4) is 0 Å². The third kappa shape index (κ3) is 4.90. The number of aryl methyl sites for hydroxylation is 1. The Balaban J connectivity index is 0.00000242. The van der Waals surface area contributed by atoms with Crippen LogP contribution in [-0.2, 0) is 11.2 Å². The molecule has 1 amide bonds. The van der Waals surface area contributed by atoms with Crippen LogP contribution in [0.5, 0.6) is 0 Å². The zero-order valence-electron chi connectivity index (χ0n) is 12.4. The van der Waals surface area contributed by atoms with Crippen LogP contribution in [-0.4, -0.2) is 11.9 Å². The van der Waals surface area contributed by atoms with Gasteiger partial charge in [0.25, 0.3) is 0 Å². The molecule has 2 rings (SSSR count). The summed E-state index contributed by atoms with van der Waals surface area (Å²) in [5, 5.41) is 9.64. The molecule has 1 atom stereocenters. The minimum Gasteiger partial charge on any atom is -0.370 e. The lowest BCUT2D eigenvalue weighted by molar-refractivity contribution is -0.121. The first-order valence-electron chi connectivity index (χ1n) is 6.81. The van der Waals surface area contributed by atoms with Crippen molar-refractivity contribution in [2.24, 2.45) is 5.73 Å². The summed E-state index contributed by atoms with van der Waals surface area (Å²) < 4.78 is 0. The summed E-state index contributed by atoms with van der Waals surface area (Å²) in [7, 11) is 0. The lowest BCUT2D eigenvalue weighted by Crippen LogP contribution is -2.39. The van der Waals surface area contributed by atoms with Gasteiger partial charge in [0.15, 0.2) is 5.96 Å². The lowest BCUT2D eigenvalue weighted by atomic mass is 9.90. The van der Waals surface area contributed by atoms with E-state index < -0.39 is 0 Å². The maximum absolute atomic E-state index is 12.3. The van der Waals surface area contributed by atoms with Crippen molar-refractivity contribution in [3.05, 3.63) is 71.3 Å². The number of carbonyl (C=O) groups is 1. The highest BCUT2D eigenvalue weighted by Gasteiger charge is 2.21.